The number of aliphatic hydroxyl groups excluding tert-OH is 3. The number of carbonyl (C=O) groups excluding carboxylic acids is 1. The SMILES string of the molecule is CC1=CCCC2(C)C(CCC2(O)CN(Cc2cccc3ccccc23)CC(O)CO)c2ccc(cc2C(=O)C2CCCCC2)CC(O)CC1. The molecule has 5 atom stereocenters. The van der Waals surface area contributed by atoms with Crippen LogP contribution in [0.5, 0.6) is 0 Å². The Morgan fingerprint density at radius 3 is 2.55 bits per heavy atom. The van der Waals surface area contributed by atoms with Gasteiger partial charge >= 0.3 is 0 Å². The smallest absolute Gasteiger partial charge is 0.166 e. The molecule has 4 N–H and O–H groups in total. The Labute approximate surface area is 292 Å². The number of carbonyl (C=O) groups is 1. The van der Waals surface area contributed by atoms with Crippen molar-refractivity contribution in [3.05, 3.63) is 94.6 Å². The molecule has 2 bridgehead atoms. The molecule has 264 valence electrons. The van der Waals surface area contributed by atoms with Gasteiger partial charge in [-0.25, -0.2) is 0 Å². The maximum Gasteiger partial charge on any atom is 0.166 e. The summed E-state index contributed by atoms with van der Waals surface area (Å²) in [5, 5.41) is 46.9. The van der Waals surface area contributed by atoms with Gasteiger partial charge in [0.2, 0.25) is 0 Å². The molecule has 3 aromatic carbocycles. The van der Waals surface area contributed by atoms with Gasteiger partial charge in [-0.05, 0) is 104 Å². The van der Waals surface area contributed by atoms with E-state index in [0.717, 1.165) is 84.4 Å². The van der Waals surface area contributed by atoms with Gasteiger partial charge in [0.1, 0.15) is 0 Å². The van der Waals surface area contributed by atoms with Gasteiger partial charge in [0.05, 0.1) is 24.4 Å². The number of fused-ring (bicyclic) bond motifs is 9. The van der Waals surface area contributed by atoms with Crippen LogP contribution in [0, 0.1) is 11.3 Å². The predicted molar refractivity (Wildman–Crippen MR) is 197 cm³/mol. The molecule has 0 heterocycles. The first kappa shape index (κ1) is 35.9. The molecule has 2 saturated carbocycles. The maximum absolute atomic E-state index is 14.4. The van der Waals surface area contributed by atoms with Crippen molar-refractivity contribution in [2.24, 2.45) is 11.3 Å². The van der Waals surface area contributed by atoms with Crippen molar-refractivity contribution >= 4 is 16.6 Å². The average Bonchev–Trinajstić information content (AvgIpc) is 3.35. The molecule has 7 rings (SSSR count). The molecule has 49 heavy (non-hydrogen) atoms. The molecular weight excluding hydrogens is 610 g/mol. The van der Waals surface area contributed by atoms with Crippen LogP contribution >= 0.6 is 0 Å². The van der Waals surface area contributed by atoms with Gasteiger partial charge < -0.3 is 20.4 Å². The molecular formula is C43H57NO5. The van der Waals surface area contributed by atoms with Crippen LogP contribution in [0.1, 0.15) is 117 Å². The fourth-order valence-electron chi connectivity index (χ4n) is 9.38. The summed E-state index contributed by atoms with van der Waals surface area (Å²) in [6.45, 7) is 5.13. The van der Waals surface area contributed by atoms with Crippen molar-refractivity contribution in [3.8, 4) is 0 Å². The number of allylic oxidation sites excluding steroid dienone is 2. The largest absolute Gasteiger partial charge is 0.394 e. The fourth-order valence-corrected chi connectivity index (χ4v) is 9.38. The fraction of sp³-hybridized carbons (Fsp3) is 0.558. The van der Waals surface area contributed by atoms with Gasteiger partial charge in [-0.3, -0.25) is 9.69 Å². The molecule has 5 unspecified atom stereocenters. The van der Waals surface area contributed by atoms with Gasteiger partial charge in [0, 0.05) is 36.5 Å². The third-order valence-corrected chi connectivity index (χ3v) is 12.4. The zero-order valence-corrected chi connectivity index (χ0v) is 29.6. The van der Waals surface area contributed by atoms with E-state index in [1.165, 1.54) is 12.0 Å². The minimum atomic E-state index is -1.10. The van der Waals surface area contributed by atoms with Crippen molar-refractivity contribution in [2.75, 3.05) is 19.7 Å². The minimum Gasteiger partial charge on any atom is -0.394 e. The van der Waals surface area contributed by atoms with E-state index in [-0.39, 0.29) is 30.8 Å². The second-order valence-electron chi connectivity index (χ2n) is 15.8. The molecule has 0 aromatic heterocycles. The van der Waals surface area contributed by atoms with Crippen molar-refractivity contribution in [1.82, 2.24) is 4.90 Å². The Balaban J connectivity index is 1.40. The van der Waals surface area contributed by atoms with Crippen LogP contribution in [0.4, 0.5) is 0 Å². The second kappa shape index (κ2) is 15.6. The van der Waals surface area contributed by atoms with Crippen LogP contribution < -0.4 is 0 Å². The minimum absolute atomic E-state index is 0.0276. The number of nitrogens with zero attached hydrogens (tertiary/aromatic N) is 1. The van der Waals surface area contributed by atoms with E-state index in [0.29, 0.717) is 32.4 Å². The molecule has 0 saturated heterocycles. The zero-order chi connectivity index (χ0) is 34.6. The summed E-state index contributed by atoms with van der Waals surface area (Å²) in [5.41, 5.74) is 3.56. The Bertz CT molecular complexity index is 1620. The standard InChI is InChI=1S/C43H57NO5/c1-30-10-9-22-42(2)40(38-20-18-31(24-35(46)19-17-30)25-39(38)41(48)33-12-4-3-5-13-33)21-23-43(42,49)29-44(27-36(47)28-45)26-34-15-8-14-32-11-6-7-16-37(32)34/h6-8,10-11,14-16,18,20,25,33,35-36,40,45-47,49H,3-5,9,12-13,17,19,21-24,26-29H2,1-2H3. The van der Waals surface area contributed by atoms with Crippen LogP contribution in [-0.4, -0.2) is 68.6 Å². The molecule has 6 heteroatoms. The van der Waals surface area contributed by atoms with Crippen molar-refractivity contribution in [2.45, 2.75) is 121 Å². The normalized spacial score (nSPS) is 27.5. The highest BCUT2D eigenvalue weighted by Crippen LogP contribution is 2.59. The Morgan fingerprint density at radius 1 is 0.980 bits per heavy atom. The highest BCUT2D eigenvalue weighted by atomic mass is 16.3. The van der Waals surface area contributed by atoms with E-state index >= 15 is 0 Å². The summed E-state index contributed by atoms with van der Waals surface area (Å²) >= 11 is 0. The number of aliphatic hydroxyl groups is 4. The van der Waals surface area contributed by atoms with Crippen molar-refractivity contribution in [3.63, 3.8) is 0 Å². The van der Waals surface area contributed by atoms with Gasteiger partial charge in [-0.1, -0.05) is 92.4 Å². The molecule has 2 fully saturated rings. The molecule has 0 aliphatic heterocycles. The van der Waals surface area contributed by atoms with Crippen LogP contribution in [0.25, 0.3) is 10.8 Å². The molecule has 6 nitrogen and oxygen atoms in total. The third kappa shape index (κ3) is 7.89. The van der Waals surface area contributed by atoms with E-state index in [1.54, 1.807) is 0 Å². The predicted octanol–water partition coefficient (Wildman–Crippen LogP) is 7.50. The van der Waals surface area contributed by atoms with Crippen molar-refractivity contribution < 1.29 is 25.2 Å². The summed E-state index contributed by atoms with van der Waals surface area (Å²) < 4.78 is 0. The van der Waals surface area contributed by atoms with Crippen molar-refractivity contribution in [1.29, 1.82) is 0 Å². The lowest BCUT2D eigenvalue weighted by Crippen LogP contribution is -2.53. The summed E-state index contributed by atoms with van der Waals surface area (Å²) in [6, 6.07) is 20.9. The Hall–Kier alpha value is -2.87. The number of hydrogen-bond donors (Lipinski definition) is 4. The number of Topliss-reactive ketones (excluding diaryl/α,β-unsaturated/α-hetero) is 1. The lowest BCUT2D eigenvalue weighted by molar-refractivity contribution is -0.0907. The van der Waals surface area contributed by atoms with Gasteiger partial charge in [-0.15, -0.1) is 0 Å². The third-order valence-electron chi connectivity index (χ3n) is 12.4. The first-order chi connectivity index (χ1) is 23.6. The maximum atomic E-state index is 14.4. The van der Waals surface area contributed by atoms with Gasteiger partial charge in [-0.2, -0.15) is 0 Å². The Kier molecular flexibility index (Phi) is 11.4. The number of rotatable bonds is 9. The second-order valence-corrected chi connectivity index (χ2v) is 15.8. The summed E-state index contributed by atoms with van der Waals surface area (Å²) in [5.74, 6) is 0.230. The monoisotopic (exact) mass is 667 g/mol. The highest BCUT2D eigenvalue weighted by Gasteiger charge is 2.57. The molecule has 4 aliphatic carbocycles. The lowest BCUT2D eigenvalue weighted by atomic mass is 9.64. The van der Waals surface area contributed by atoms with Crippen LogP contribution in [0.15, 0.2) is 72.3 Å². The first-order valence-electron chi connectivity index (χ1n) is 18.8. The van der Waals surface area contributed by atoms with E-state index in [9.17, 15) is 25.2 Å². The highest BCUT2D eigenvalue weighted by molar-refractivity contribution is 5.99. The lowest BCUT2D eigenvalue weighted by Gasteiger charge is -2.46. The van der Waals surface area contributed by atoms with Crippen LogP contribution in [-0.2, 0) is 13.0 Å². The molecule has 3 aromatic rings. The number of benzene rings is 3. The van der Waals surface area contributed by atoms with E-state index < -0.39 is 23.2 Å². The van der Waals surface area contributed by atoms with Gasteiger partial charge in [0.15, 0.2) is 5.78 Å². The molecule has 4 aliphatic rings. The number of ketones is 1. The van der Waals surface area contributed by atoms with E-state index in [4.69, 9.17) is 0 Å². The van der Waals surface area contributed by atoms with Crippen LogP contribution in [0.2, 0.25) is 0 Å². The first-order valence-corrected chi connectivity index (χ1v) is 18.8. The zero-order valence-electron chi connectivity index (χ0n) is 29.6. The van der Waals surface area contributed by atoms with Crippen LogP contribution in [0.3, 0.4) is 0 Å². The topological polar surface area (TPSA) is 101 Å². The average molecular weight is 668 g/mol. The van der Waals surface area contributed by atoms with Gasteiger partial charge in [0.25, 0.3) is 0 Å². The van der Waals surface area contributed by atoms with E-state index in [2.05, 4.69) is 73.4 Å². The molecule has 0 spiro atoms. The van der Waals surface area contributed by atoms with E-state index in [1.807, 2.05) is 12.1 Å². The summed E-state index contributed by atoms with van der Waals surface area (Å²) in [7, 11) is 0. The molecule has 0 amide bonds. The number of hydrogen-bond acceptors (Lipinski definition) is 6. The molecule has 0 radical (unpaired) electrons. The Morgan fingerprint density at radius 2 is 1.76 bits per heavy atom. The quantitative estimate of drug-likeness (QED) is 0.139. The summed E-state index contributed by atoms with van der Waals surface area (Å²) in [6.07, 6.45) is 11.0. The summed E-state index contributed by atoms with van der Waals surface area (Å²) in [4.78, 5) is 16.5.